The van der Waals surface area contributed by atoms with E-state index in [-0.39, 0.29) is 0 Å². The summed E-state index contributed by atoms with van der Waals surface area (Å²) >= 11 is 0. The van der Waals surface area contributed by atoms with Gasteiger partial charge in [-0.15, -0.1) is 0 Å². The van der Waals surface area contributed by atoms with Crippen LogP contribution in [0.4, 0.5) is 8.78 Å². The van der Waals surface area contributed by atoms with Crippen molar-refractivity contribution in [3.05, 3.63) is 65.2 Å². The Hall–Kier alpha value is -2.16. The second kappa shape index (κ2) is 5.45. The van der Waals surface area contributed by atoms with E-state index < -0.39 is 11.6 Å². The fraction of sp³-hybridized carbons (Fsp3) is 0.0667. The van der Waals surface area contributed by atoms with E-state index >= 15 is 0 Å². The number of halogens is 2. The van der Waals surface area contributed by atoms with Crippen LogP contribution in [0, 0.1) is 11.6 Å². The molecule has 0 spiro atoms. The topological polar surface area (TPSA) is 9.23 Å². The molecule has 0 N–H and O–H groups in total. The van der Waals surface area contributed by atoms with Crippen molar-refractivity contribution in [2.45, 2.75) is 0 Å². The molecule has 0 radical (unpaired) electrons. The number of rotatable bonds is 3. The number of hydrogen-bond acceptors (Lipinski definition) is 1. The van der Waals surface area contributed by atoms with Crippen molar-refractivity contribution in [1.29, 1.82) is 0 Å². The number of methoxy groups -OCH3 is 1. The van der Waals surface area contributed by atoms with Crippen molar-refractivity contribution in [2.24, 2.45) is 0 Å². The van der Waals surface area contributed by atoms with Gasteiger partial charge in [-0.1, -0.05) is 30.4 Å². The van der Waals surface area contributed by atoms with E-state index in [2.05, 4.69) is 0 Å². The Morgan fingerprint density at radius 3 is 2.06 bits per heavy atom. The van der Waals surface area contributed by atoms with E-state index in [9.17, 15) is 8.78 Å². The number of benzene rings is 2. The smallest absolute Gasteiger partial charge is 0.159 e. The standard InChI is InChI=1S/C15H12F2O/c1-18-13-7-4-11(5-8-13)2-3-12-6-9-14(16)15(17)10-12/h2-10H,1H3/b3-2+. The Labute approximate surface area is 104 Å². The lowest BCUT2D eigenvalue weighted by Crippen LogP contribution is -1.84. The molecule has 0 unspecified atom stereocenters. The van der Waals surface area contributed by atoms with Crippen molar-refractivity contribution in [3.63, 3.8) is 0 Å². The van der Waals surface area contributed by atoms with E-state index in [1.54, 1.807) is 13.2 Å². The summed E-state index contributed by atoms with van der Waals surface area (Å²) in [5.74, 6) is -0.900. The first-order valence-electron chi connectivity index (χ1n) is 5.46. The molecule has 0 fully saturated rings. The minimum absolute atomic E-state index is 0.615. The van der Waals surface area contributed by atoms with Gasteiger partial charge >= 0.3 is 0 Å². The van der Waals surface area contributed by atoms with Crippen LogP contribution in [0.25, 0.3) is 12.2 Å². The van der Waals surface area contributed by atoms with Gasteiger partial charge in [0.15, 0.2) is 11.6 Å². The molecule has 0 heterocycles. The van der Waals surface area contributed by atoms with Gasteiger partial charge in [-0.05, 0) is 35.4 Å². The second-order valence-corrected chi connectivity index (χ2v) is 3.78. The monoisotopic (exact) mass is 246 g/mol. The molecule has 2 aromatic carbocycles. The highest BCUT2D eigenvalue weighted by molar-refractivity contribution is 5.69. The average molecular weight is 246 g/mol. The lowest BCUT2D eigenvalue weighted by Gasteiger charge is -1.99. The molecule has 0 atom stereocenters. The Bertz CT molecular complexity index is 559. The molecule has 0 saturated carbocycles. The predicted octanol–water partition coefficient (Wildman–Crippen LogP) is 4.14. The van der Waals surface area contributed by atoms with Crippen LogP contribution >= 0.6 is 0 Å². The summed E-state index contributed by atoms with van der Waals surface area (Å²) in [6, 6.07) is 11.2. The highest BCUT2D eigenvalue weighted by Gasteiger charge is 1.99. The molecule has 0 amide bonds. The molecule has 2 rings (SSSR count). The molecule has 0 aliphatic rings. The van der Waals surface area contributed by atoms with Gasteiger partial charge in [-0.2, -0.15) is 0 Å². The maximum atomic E-state index is 13.0. The number of hydrogen-bond donors (Lipinski definition) is 0. The van der Waals surface area contributed by atoms with Crippen LogP contribution < -0.4 is 4.74 Å². The normalized spacial score (nSPS) is 10.8. The summed E-state index contributed by atoms with van der Waals surface area (Å²) in [5, 5.41) is 0. The van der Waals surface area contributed by atoms with E-state index in [4.69, 9.17) is 4.74 Å². The Balaban J connectivity index is 2.16. The van der Waals surface area contributed by atoms with Crippen LogP contribution in [-0.4, -0.2) is 7.11 Å². The third kappa shape index (κ3) is 2.94. The molecule has 2 aromatic rings. The van der Waals surface area contributed by atoms with Crippen LogP contribution in [0.2, 0.25) is 0 Å². The van der Waals surface area contributed by atoms with Gasteiger partial charge in [0.25, 0.3) is 0 Å². The van der Waals surface area contributed by atoms with Crippen LogP contribution in [0.1, 0.15) is 11.1 Å². The van der Waals surface area contributed by atoms with Gasteiger partial charge in [-0.3, -0.25) is 0 Å². The van der Waals surface area contributed by atoms with Crippen molar-refractivity contribution in [3.8, 4) is 5.75 Å². The van der Waals surface area contributed by atoms with Crippen molar-refractivity contribution in [1.82, 2.24) is 0 Å². The molecule has 0 aliphatic carbocycles. The third-order valence-corrected chi connectivity index (χ3v) is 2.53. The molecular weight excluding hydrogens is 234 g/mol. The Morgan fingerprint density at radius 2 is 1.44 bits per heavy atom. The quantitative estimate of drug-likeness (QED) is 0.739. The number of ether oxygens (including phenoxy) is 1. The fourth-order valence-electron chi connectivity index (χ4n) is 1.52. The molecule has 0 aliphatic heterocycles. The van der Waals surface area contributed by atoms with Crippen LogP contribution in [0.5, 0.6) is 5.75 Å². The zero-order valence-corrected chi connectivity index (χ0v) is 9.86. The zero-order chi connectivity index (χ0) is 13.0. The van der Waals surface area contributed by atoms with Crippen molar-refractivity contribution in [2.75, 3.05) is 7.11 Å². The Morgan fingerprint density at radius 1 is 0.833 bits per heavy atom. The first-order chi connectivity index (χ1) is 8.69. The summed E-state index contributed by atoms with van der Waals surface area (Å²) in [5.41, 5.74) is 1.57. The second-order valence-electron chi connectivity index (χ2n) is 3.78. The largest absolute Gasteiger partial charge is 0.497 e. The summed E-state index contributed by atoms with van der Waals surface area (Å²) in [6.07, 6.45) is 3.55. The van der Waals surface area contributed by atoms with Gasteiger partial charge in [0.1, 0.15) is 5.75 Å². The first-order valence-corrected chi connectivity index (χ1v) is 5.46. The summed E-state index contributed by atoms with van der Waals surface area (Å²) in [6.45, 7) is 0. The van der Waals surface area contributed by atoms with Gasteiger partial charge in [0, 0.05) is 0 Å². The van der Waals surface area contributed by atoms with Crippen molar-refractivity contribution < 1.29 is 13.5 Å². The zero-order valence-electron chi connectivity index (χ0n) is 9.86. The molecule has 18 heavy (non-hydrogen) atoms. The van der Waals surface area contributed by atoms with Gasteiger partial charge < -0.3 is 4.74 Å². The minimum Gasteiger partial charge on any atom is -0.497 e. The van der Waals surface area contributed by atoms with Gasteiger partial charge in [-0.25, -0.2) is 8.78 Å². The van der Waals surface area contributed by atoms with E-state index in [0.29, 0.717) is 5.56 Å². The molecule has 0 aromatic heterocycles. The van der Waals surface area contributed by atoms with E-state index in [0.717, 1.165) is 23.4 Å². The summed E-state index contributed by atoms with van der Waals surface area (Å²) in [7, 11) is 1.60. The van der Waals surface area contributed by atoms with Gasteiger partial charge in [0.05, 0.1) is 7.11 Å². The van der Waals surface area contributed by atoms with Crippen LogP contribution in [-0.2, 0) is 0 Å². The van der Waals surface area contributed by atoms with Crippen LogP contribution in [0.3, 0.4) is 0 Å². The lowest BCUT2D eigenvalue weighted by atomic mass is 10.1. The van der Waals surface area contributed by atoms with Gasteiger partial charge in [0.2, 0.25) is 0 Å². The highest BCUT2D eigenvalue weighted by atomic mass is 19.2. The molecule has 1 nitrogen and oxygen atoms in total. The third-order valence-electron chi connectivity index (χ3n) is 2.53. The maximum Gasteiger partial charge on any atom is 0.159 e. The predicted molar refractivity (Wildman–Crippen MR) is 68.3 cm³/mol. The first kappa shape index (κ1) is 12.3. The lowest BCUT2D eigenvalue weighted by molar-refractivity contribution is 0.415. The Kier molecular flexibility index (Phi) is 3.72. The van der Waals surface area contributed by atoms with Crippen LogP contribution in [0.15, 0.2) is 42.5 Å². The minimum atomic E-state index is -0.841. The van der Waals surface area contributed by atoms with E-state index in [1.807, 2.05) is 30.3 Å². The summed E-state index contributed by atoms with van der Waals surface area (Å²) < 4.78 is 30.8. The van der Waals surface area contributed by atoms with E-state index in [1.165, 1.54) is 6.07 Å². The summed E-state index contributed by atoms with van der Waals surface area (Å²) in [4.78, 5) is 0. The molecule has 92 valence electrons. The molecular formula is C15H12F2O. The maximum absolute atomic E-state index is 13.0. The average Bonchev–Trinajstić information content (AvgIpc) is 2.41. The highest BCUT2D eigenvalue weighted by Crippen LogP contribution is 2.15. The molecule has 0 bridgehead atoms. The molecule has 0 saturated heterocycles. The SMILES string of the molecule is COc1ccc(/C=C/c2ccc(F)c(F)c2)cc1. The fourth-order valence-corrected chi connectivity index (χ4v) is 1.52. The molecule has 3 heteroatoms. The van der Waals surface area contributed by atoms with Crippen molar-refractivity contribution >= 4 is 12.2 Å².